The van der Waals surface area contributed by atoms with Gasteiger partial charge in [0.1, 0.15) is 18.0 Å². The van der Waals surface area contributed by atoms with Crippen LogP contribution in [0.5, 0.6) is 0 Å². The minimum Gasteiger partial charge on any atom is -0.354 e. The fourth-order valence-electron chi connectivity index (χ4n) is 3.21. The molecule has 0 amide bonds. The van der Waals surface area contributed by atoms with Crippen LogP contribution in [0.1, 0.15) is 0 Å². The predicted octanol–water partition coefficient (Wildman–Crippen LogP) is 3.45. The van der Waals surface area contributed by atoms with E-state index in [0.29, 0.717) is 42.7 Å². The summed E-state index contributed by atoms with van der Waals surface area (Å²) in [5.74, 6) is 0.406. The number of sulfonamides is 1. The maximum atomic E-state index is 13.1. The minimum absolute atomic E-state index is 0.232. The summed E-state index contributed by atoms with van der Waals surface area (Å²) >= 11 is 5.85. The molecule has 0 radical (unpaired) electrons. The van der Waals surface area contributed by atoms with Crippen molar-refractivity contribution in [3.8, 4) is 11.3 Å². The SMILES string of the molecule is O=S(=O)(c1ccc(Cl)cc1)N1CCN(c2cc(-c3ccc(F)cc3)ncn2)CC1. The molecule has 9 heteroatoms. The van der Waals surface area contributed by atoms with Crippen molar-refractivity contribution in [2.24, 2.45) is 0 Å². The van der Waals surface area contributed by atoms with Gasteiger partial charge >= 0.3 is 0 Å². The second kappa shape index (κ2) is 8.06. The van der Waals surface area contributed by atoms with E-state index in [0.717, 1.165) is 5.56 Å². The minimum atomic E-state index is -3.56. The van der Waals surface area contributed by atoms with E-state index in [1.54, 1.807) is 24.3 Å². The van der Waals surface area contributed by atoms with Crippen LogP contribution in [0.4, 0.5) is 10.2 Å². The average molecular weight is 433 g/mol. The molecule has 3 aromatic rings. The van der Waals surface area contributed by atoms with Gasteiger partial charge in [0.2, 0.25) is 10.0 Å². The maximum absolute atomic E-state index is 13.1. The van der Waals surface area contributed by atoms with Crippen molar-refractivity contribution in [2.75, 3.05) is 31.1 Å². The molecule has 0 aliphatic carbocycles. The molecule has 1 aromatic heterocycles. The quantitative estimate of drug-likeness (QED) is 0.631. The van der Waals surface area contributed by atoms with Crippen molar-refractivity contribution in [2.45, 2.75) is 4.90 Å². The summed E-state index contributed by atoms with van der Waals surface area (Å²) in [6, 6.07) is 14.1. The van der Waals surface area contributed by atoms with Crippen molar-refractivity contribution >= 4 is 27.4 Å². The zero-order valence-corrected chi connectivity index (χ0v) is 16.9. The van der Waals surface area contributed by atoms with Gasteiger partial charge in [-0.05, 0) is 48.5 Å². The third-order valence-corrected chi connectivity index (χ3v) is 6.97. The fourth-order valence-corrected chi connectivity index (χ4v) is 4.76. The normalized spacial score (nSPS) is 15.4. The molecule has 0 N–H and O–H groups in total. The zero-order valence-electron chi connectivity index (χ0n) is 15.4. The third kappa shape index (κ3) is 4.24. The molecule has 0 unspecified atom stereocenters. The Bertz CT molecular complexity index is 1100. The first-order valence-corrected chi connectivity index (χ1v) is 10.8. The Kier molecular flexibility index (Phi) is 5.49. The molecular formula is C20H18ClFN4O2S. The summed E-state index contributed by atoms with van der Waals surface area (Å²) in [5.41, 5.74) is 1.48. The number of nitrogens with zero attached hydrogens (tertiary/aromatic N) is 4. The Morgan fingerprint density at radius 1 is 0.897 bits per heavy atom. The van der Waals surface area contributed by atoms with E-state index in [9.17, 15) is 12.8 Å². The highest BCUT2D eigenvalue weighted by Crippen LogP contribution is 2.24. The highest BCUT2D eigenvalue weighted by atomic mass is 35.5. The van der Waals surface area contributed by atoms with Crippen LogP contribution in [0.2, 0.25) is 5.02 Å². The molecule has 2 heterocycles. The Morgan fingerprint density at radius 3 is 2.21 bits per heavy atom. The second-order valence-electron chi connectivity index (χ2n) is 6.61. The summed E-state index contributed by atoms with van der Waals surface area (Å²) in [5, 5.41) is 0.495. The lowest BCUT2D eigenvalue weighted by molar-refractivity contribution is 0.384. The van der Waals surface area contributed by atoms with Crippen molar-refractivity contribution in [3.63, 3.8) is 0 Å². The lowest BCUT2D eigenvalue weighted by Gasteiger charge is -2.34. The number of benzene rings is 2. The van der Waals surface area contributed by atoms with Gasteiger partial charge in [-0.25, -0.2) is 22.8 Å². The lowest BCUT2D eigenvalue weighted by atomic mass is 10.1. The number of rotatable bonds is 4. The average Bonchev–Trinajstić information content (AvgIpc) is 2.75. The van der Waals surface area contributed by atoms with Crippen LogP contribution in [0.3, 0.4) is 0 Å². The van der Waals surface area contributed by atoms with E-state index in [1.165, 1.54) is 34.9 Å². The van der Waals surface area contributed by atoms with Gasteiger partial charge in [-0.15, -0.1) is 0 Å². The smallest absolute Gasteiger partial charge is 0.243 e. The molecule has 1 saturated heterocycles. The van der Waals surface area contributed by atoms with Crippen LogP contribution < -0.4 is 4.90 Å². The molecule has 150 valence electrons. The zero-order chi connectivity index (χ0) is 20.4. The van der Waals surface area contributed by atoms with Crippen molar-refractivity contribution < 1.29 is 12.8 Å². The largest absolute Gasteiger partial charge is 0.354 e. The van der Waals surface area contributed by atoms with Crippen molar-refractivity contribution in [1.29, 1.82) is 0 Å². The summed E-state index contributed by atoms with van der Waals surface area (Å²) in [6.07, 6.45) is 1.46. The van der Waals surface area contributed by atoms with Gasteiger partial charge in [0.15, 0.2) is 0 Å². The molecule has 29 heavy (non-hydrogen) atoms. The van der Waals surface area contributed by atoms with E-state index in [2.05, 4.69) is 9.97 Å². The number of aromatic nitrogens is 2. The Labute approximate surface area is 173 Å². The van der Waals surface area contributed by atoms with E-state index < -0.39 is 10.0 Å². The van der Waals surface area contributed by atoms with E-state index >= 15 is 0 Å². The molecule has 4 rings (SSSR count). The molecule has 2 aromatic carbocycles. The molecule has 0 bridgehead atoms. The lowest BCUT2D eigenvalue weighted by Crippen LogP contribution is -2.48. The van der Waals surface area contributed by atoms with Gasteiger partial charge in [0.05, 0.1) is 10.6 Å². The van der Waals surface area contributed by atoms with Gasteiger partial charge in [0, 0.05) is 42.8 Å². The number of hydrogen-bond acceptors (Lipinski definition) is 5. The highest BCUT2D eigenvalue weighted by Gasteiger charge is 2.29. The standard InChI is InChI=1S/C20H18ClFN4O2S/c21-16-3-7-18(8-4-16)29(27,28)26-11-9-25(10-12-26)20-13-19(23-14-24-20)15-1-5-17(22)6-2-15/h1-8,13-14H,9-12H2. The van der Waals surface area contributed by atoms with Gasteiger partial charge in [-0.1, -0.05) is 11.6 Å². The highest BCUT2D eigenvalue weighted by molar-refractivity contribution is 7.89. The maximum Gasteiger partial charge on any atom is 0.243 e. The van der Waals surface area contributed by atoms with Crippen LogP contribution in [0.25, 0.3) is 11.3 Å². The number of piperazine rings is 1. The molecule has 0 atom stereocenters. The first-order chi connectivity index (χ1) is 13.9. The molecule has 1 aliphatic heterocycles. The van der Waals surface area contributed by atoms with E-state index in [1.807, 2.05) is 11.0 Å². The van der Waals surface area contributed by atoms with Gasteiger partial charge in [-0.2, -0.15) is 4.31 Å². The first kappa shape index (κ1) is 19.8. The number of hydrogen-bond donors (Lipinski definition) is 0. The summed E-state index contributed by atoms with van der Waals surface area (Å²) < 4.78 is 40.2. The van der Waals surface area contributed by atoms with Crippen molar-refractivity contribution in [3.05, 3.63) is 71.8 Å². The molecule has 0 spiro atoms. The van der Waals surface area contributed by atoms with E-state index in [4.69, 9.17) is 11.6 Å². The van der Waals surface area contributed by atoms with Crippen LogP contribution in [0, 0.1) is 5.82 Å². The molecule has 1 fully saturated rings. The summed E-state index contributed by atoms with van der Waals surface area (Å²) in [4.78, 5) is 10.8. The second-order valence-corrected chi connectivity index (χ2v) is 8.99. The number of halogens is 2. The monoisotopic (exact) mass is 432 g/mol. The summed E-state index contributed by atoms with van der Waals surface area (Å²) in [6.45, 7) is 1.71. The molecule has 6 nitrogen and oxygen atoms in total. The Morgan fingerprint density at radius 2 is 1.55 bits per heavy atom. The van der Waals surface area contributed by atoms with E-state index in [-0.39, 0.29) is 10.7 Å². The van der Waals surface area contributed by atoms with Crippen LogP contribution in [-0.2, 0) is 10.0 Å². The molecule has 0 saturated carbocycles. The Hall–Kier alpha value is -2.55. The predicted molar refractivity (Wildman–Crippen MR) is 110 cm³/mol. The third-order valence-electron chi connectivity index (χ3n) is 4.81. The van der Waals surface area contributed by atoms with Crippen LogP contribution >= 0.6 is 11.6 Å². The first-order valence-electron chi connectivity index (χ1n) is 9.02. The van der Waals surface area contributed by atoms with Crippen LogP contribution in [0.15, 0.2) is 65.8 Å². The topological polar surface area (TPSA) is 66.4 Å². The molecule has 1 aliphatic rings. The fraction of sp³-hybridized carbons (Fsp3) is 0.200. The molecular weight excluding hydrogens is 415 g/mol. The van der Waals surface area contributed by atoms with Gasteiger partial charge in [0.25, 0.3) is 0 Å². The van der Waals surface area contributed by atoms with Gasteiger partial charge < -0.3 is 4.90 Å². The van der Waals surface area contributed by atoms with Gasteiger partial charge in [-0.3, -0.25) is 0 Å². The van der Waals surface area contributed by atoms with Crippen molar-refractivity contribution in [1.82, 2.24) is 14.3 Å². The number of anilines is 1. The summed E-state index contributed by atoms with van der Waals surface area (Å²) in [7, 11) is -3.56. The Balaban J connectivity index is 1.48. The van der Waals surface area contributed by atoms with Crippen LogP contribution in [-0.4, -0.2) is 48.9 Å².